The van der Waals surface area contributed by atoms with Crippen LogP contribution in [0.25, 0.3) is 11.4 Å². The molecular formula is C12H12N4O3. The molecule has 1 heterocycles. The number of rotatable bonds is 3. The molecule has 1 aromatic heterocycles. The van der Waals surface area contributed by atoms with E-state index in [9.17, 15) is 10.1 Å². The molecule has 1 aliphatic rings. The first kappa shape index (κ1) is 11.8. The highest BCUT2D eigenvalue weighted by atomic mass is 16.6. The van der Waals surface area contributed by atoms with Gasteiger partial charge >= 0.3 is 0 Å². The molecule has 2 N–H and O–H groups in total. The van der Waals surface area contributed by atoms with Crippen LogP contribution in [0.2, 0.25) is 0 Å². The lowest BCUT2D eigenvalue weighted by Gasteiger charge is -2.33. The molecule has 19 heavy (non-hydrogen) atoms. The van der Waals surface area contributed by atoms with Crippen LogP contribution in [0, 0.1) is 10.1 Å². The van der Waals surface area contributed by atoms with E-state index in [1.54, 1.807) is 12.1 Å². The van der Waals surface area contributed by atoms with Crippen LogP contribution in [0.5, 0.6) is 0 Å². The summed E-state index contributed by atoms with van der Waals surface area (Å²) in [5, 5.41) is 14.6. The van der Waals surface area contributed by atoms with Crippen LogP contribution in [-0.4, -0.2) is 15.1 Å². The molecule has 1 saturated carbocycles. The van der Waals surface area contributed by atoms with E-state index in [1.165, 1.54) is 12.1 Å². The first-order valence-corrected chi connectivity index (χ1v) is 5.96. The third kappa shape index (κ3) is 1.97. The highest BCUT2D eigenvalue weighted by Crippen LogP contribution is 2.38. The van der Waals surface area contributed by atoms with Crippen molar-refractivity contribution in [1.82, 2.24) is 10.1 Å². The maximum absolute atomic E-state index is 10.7. The topological polar surface area (TPSA) is 108 Å². The number of nitrogens with zero attached hydrogens (tertiary/aromatic N) is 3. The van der Waals surface area contributed by atoms with Gasteiger partial charge in [-0.25, -0.2) is 0 Å². The molecule has 0 radical (unpaired) electrons. The Labute approximate surface area is 108 Å². The number of hydrogen-bond donors (Lipinski definition) is 1. The van der Waals surface area contributed by atoms with E-state index in [0.29, 0.717) is 17.3 Å². The van der Waals surface area contributed by atoms with Gasteiger partial charge in [-0.05, 0) is 19.3 Å². The van der Waals surface area contributed by atoms with Crippen molar-refractivity contribution in [2.45, 2.75) is 24.8 Å². The molecule has 3 rings (SSSR count). The van der Waals surface area contributed by atoms with Gasteiger partial charge in [-0.1, -0.05) is 17.3 Å². The lowest BCUT2D eigenvalue weighted by Crippen LogP contribution is -2.43. The predicted octanol–water partition coefficient (Wildman–Crippen LogP) is 1.98. The molecule has 0 bridgehead atoms. The molecule has 7 nitrogen and oxygen atoms in total. The molecule has 0 spiro atoms. The van der Waals surface area contributed by atoms with E-state index in [1.807, 2.05) is 0 Å². The van der Waals surface area contributed by atoms with Crippen molar-refractivity contribution in [3.63, 3.8) is 0 Å². The zero-order valence-electron chi connectivity index (χ0n) is 10.1. The second-order valence-electron chi connectivity index (χ2n) is 4.74. The summed E-state index contributed by atoms with van der Waals surface area (Å²) >= 11 is 0. The Morgan fingerprint density at radius 2 is 2.21 bits per heavy atom. The molecule has 0 amide bonds. The van der Waals surface area contributed by atoms with Crippen LogP contribution in [0.1, 0.15) is 25.2 Å². The van der Waals surface area contributed by atoms with E-state index in [0.717, 1.165) is 19.3 Å². The highest BCUT2D eigenvalue weighted by Gasteiger charge is 2.40. The van der Waals surface area contributed by atoms with Crippen molar-refractivity contribution >= 4 is 5.69 Å². The van der Waals surface area contributed by atoms with Crippen LogP contribution in [-0.2, 0) is 5.54 Å². The molecule has 1 fully saturated rings. The fourth-order valence-corrected chi connectivity index (χ4v) is 2.07. The van der Waals surface area contributed by atoms with Gasteiger partial charge in [0.05, 0.1) is 10.5 Å². The number of benzene rings is 1. The Morgan fingerprint density at radius 1 is 1.42 bits per heavy atom. The number of hydrogen-bond acceptors (Lipinski definition) is 6. The average molecular weight is 260 g/mol. The van der Waals surface area contributed by atoms with Crippen molar-refractivity contribution in [3.05, 3.63) is 40.3 Å². The fraction of sp³-hybridized carbons (Fsp3) is 0.333. The van der Waals surface area contributed by atoms with Gasteiger partial charge in [0.25, 0.3) is 5.69 Å². The van der Waals surface area contributed by atoms with Crippen molar-refractivity contribution in [2.24, 2.45) is 5.73 Å². The summed E-state index contributed by atoms with van der Waals surface area (Å²) in [6.45, 7) is 0. The zero-order chi connectivity index (χ0) is 13.5. The summed E-state index contributed by atoms with van der Waals surface area (Å²) in [6, 6.07) is 6.12. The lowest BCUT2D eigenvalue weighted by molar-refractivity contribution is -0.384. The largest absolute Gasteiger partial charge is 0.337 e. The van der Waals surface area contributed by atoms with Crippen LogP contribution >= 0.6 is 0 Å². The molecule has 0 aliphatic heterocycles. The maximum atomic E-state index is 10.7. The summed E-state index contributed by atoms with van der Waals surface area (Å²) in [7, 11) is 0. The van der Waals surface area contributed by atoms with Gasteiger partial charge in [0.15, 0.2) is 0 Å². The van der Waals surface area contributed by atoms with Crippen LogP contribution in [0.4, 0.5) is 5.69 Å². The predicted molar refractivity (Wildman–Crippen MR) is 66.1 cm³/mol. The number of aromatic nitrogens is 2. The minimum Gasteiger partial charge on any atom is -0.337 e. The van der Waals surface area contributed by atoms with Crippen LogP contribution < -0.4 is 5.73 Å². The van der Waals surface area contributed by atoms with E-state index >= 15 is 0 Å². The lowest BCUT2D eigenvalue weighted by atomic mass is 9.78. The van der Waals surface area contributed by atoms with Crippen molar-refractivity contribution in [3.8, 4) is 11.4 Å². The Hall–Kier alpha value is -2.28. The van der Waals surface area contributed by atoms with Crippen LogP contribution in [0.3, 0.4) is 0 Å². The van der Waals surface area contributed by atoms with E-state index in [-0.39, 0.29) is 5.69 Å². The third-order valence-corrected chi connectivity index (χ3v) is 3.41. The van der Waals surface area contributed by atoms with Gasteiger partial charge in [0.2, 0.25) is 11.7 Å². The summed E-state index contributed by atoms with van der Waals surface area (Å²) in [6.07, 6.45) is 2.69. The molecule has 7 heteroatoms. The molecular weight excluding hydrogens is 248 g/mol. The molecule has 98 valence electrons. The first-order valence-electron chi connectivity index (χ1n) is 5.96. The Bertz CT molecular complexity index is 633. The molecule has 2 aromatic rings. The summed E-state index contributed by atoms with van der Waals surface area (Å²) < 4.78 is 5.17. The number of nitrogens with two attached hydrogens (primary N) is 1. The standard InChI is InChI=1S/C12H12N4O3/c13-12(5-2-6-12)11-14-10(15-19-11)8-3-1-4-9(7-8)16(17)18/h1,3-4,7H,2,5-6,13H2. The van der Waals surface area contributed by atoms with Gasteiger partial charge in [0.1, 0.15) is 0 Å². The molecule has 1 aliphatic carbocycles. The SMILES string of the molecule is NC1(c2nc(-c3cccc([N+](=O)[O-])c3)no2)CCC1. The minimum absolute atomic E-state index is 0.00467. The monoisotopic (exact) mass is 260 g/mol. The Balaban J connectivity index is 1.94. The number of non-ortho nitro benzene ring substituents is 1. The quantitative estimate of drug-likeness (QED) is 0.667. The second-order valence-corrected chi connectivity index (χ2v) is 4.74. The molecule has 1 aromatic carbocycles. The van der Waals surface area contributed by atoms with Gasteiger partial charge in [-0.3, -0.25) is 10.1 Å². The van der Waals surface area contributed by atoms with E-state index in [2.05, 4.69) is 10.1 Å². The van der Waals surface area contributed by atoms with Gasteiger partial charge in [-0.2, -0.15) is 4.98 Å². The highest BCUT2D eigenvalue weighted by molar-refractivity contribution is 5.58. The second kappa shape index (κ2) is 4.13. The number of nitro benzene ring substituents is 1. The normalized spacial score (nSPS) is 16.9. The molecule has 0 saturated heterocycles. The average Bonchev–Trinajstić information content (AvgIpc) is 2.86. The zero-order valence-corrected chi connectivity index (χ0v) is 10.1. The van der Waals surface area contributed by atoms with Crippen molar-refractivity contribution in [2.75, 3.05) is 0 Å². The summed E-state index contributed by atoms with van der Waals surface area (Å²) in [4.78, 5) is 14.5. The first-order chi connectivity index (χ1) is 9.08. The van der Waals surface area contributed by atoms with Crippen molar-refractivity contribution < 1.29 is 9.45 Å². The fourth-order valence-electron chi connectivity index (χ4n) is 2.07. The number of nitro groups is 1. The smallest absolute Gasteiger partial charge is 0.270 e. The van der Waals surface area contributed by atoms with Crippen molar-refractivity contribution in [1.29, 1.82) is 0 Å². The Kier molecular flexibility index (Phi) is 2.56. The van der Waals surface area contributed by atoms with Gasteiger partial charge in [-0.15, -0.1) is 0 Å². The van der Waals surface area contributed by atoms with E-state index < -0.39 is 10.5 Å². The maximum Gasteiger partial charge on any atom is 0.270 e. The van der Waals surface area contributed by atoms with Crippen LogP contribution in [0.15, 0.2) is 28.8 Å². The van der Waals surface area contributed by atoms with Gasteiger partial charge < -0.3 is 10.3 Å². The summed E-state index contributed by atoms with van der Waals surface area (Å²) in [5.41, 5.74) is 6.11. The van der Waals surface area contributed by atoms with E-state index in [4.69, 9.17) is 10.3 Å². The van der Waals surface area contributed by atoms with Gasteiger partial charge in [0, 0.05) is 17.7 Å². The molecule has 0 unspecified atom stereocenters. The Morgan fingerprint density at radius 3 is 2.84 bits per heavy atom. The summed E-state index contributed by atoms with van der Waals surface area (Å²) in [5.74, 6) is 0.732. The molecule has 0 atom stereocenters. The minimum atomic E-state index is -0.522. The third-order valence-electron chi connectivity index (χ3n) is 3.41.